The molecule has 0 aliphatic carbocycles. The summed E-state index contributed by atoms with van der Waals surface area (Å²) in [5, 5.41) is 6.67. The number of nitrogens with zero attached hydrogens (tertiary/aromatic N) is 4. The largest absolute Gasteiger partial charge is 0.345 e. The Hall–Kier alpha value is -3.55. The first-order valence-electron chi connectivity index (χ1n) is 9.08. The maximum Gasteiger partial charge on any atom is 0.255 e. The molecule has 0 radical (unpaired) electrons. The molecule has 0 saturated carbocycles. The molecule has 8 nitrogen and oxygen atoms in total. The molecule has 2 amide bonds. The Morgan fingerprint density at radius 2 is 2.07 bits per heavy atom. The maximum atomic E-state index is 12.7. The summed E-state index contributed by atoms with van der Waals surface area (Å²) in [6.07, 6.45) is 2.15. The van der Waals surface area contributed by atoms with Gasteiger partial charge in [-0.25, -0.2) is 0 Å². The van der Waals surface area contributed by atoms with Gasteiger partial charge in [-0.3, -0.25) is 14.6 Å². The van der Waals surface area contributed by atoms with Crippen LogP contribution >= 0.6 is 0 Å². The Bertz CT molecular complexity index is 1000. The number of aromatic nitrogens is 3. The molecule has 3 aromatic rings. The summed E-state index contributed by atoms with van der Waals surface area (Å²) in [4.78, 5) is 35.3. The van der Waals surface area contributed by atoms with Crippen LogP contribution < -0.4 is 5.32 Å². The van der Waals surface area contributed by atoms with Gasteiger partial charge in [-0.15, -0.1) is 0 Å². The summed E-state index contributed by atoms with van der Waals surface area (Å²) in [5.74, 6) is 0.274. The van der Waals surface area contributed by atoms with Gasteiger partial charge in [-0.2, -0.15) is 4.98 Å². The average Bonchev–Trinajstić information content (AvgIpc) is 3.33. The molecule has 1 atom stereocenters. The highest BCUT2D eigenvalue weighted by Crippen LogP contribution is 2.25. The summed E-state index contributed by atoms with van der Waals surface area (Å²) < 4.78 is 5.18. The molecule has 3 heterocycles. The van der Waals surface area contributed by atoms with Crippen LogP contribution in [0.2, 0.25) is 0 Å². The van der Waals surface area contributed by atoms with Gasteiger partial charge >= 0.3 is 0 Å². The number of fused-ring (bicyclic) bond motifs is 1. The zero-order valence-corrected chi connectivity index (χ0v) is 15.3. The molecule has 0 saturated heterocycles. The fourth-order valence-electron chi connectivity index (χ4n) is 3.28. The van der Waals surface area contributed by atoms with E-state index < -0.39 is 6.04 Å². The highest BCUT2D eigenvalue weighted by atomic mass is 16.5. The second-order valence-electron chi connectivity index (χ2n) is 6.46. The zero-order valence-electron chi connectivity index (χ0n) is 15.3. The molecule has 0 fully saturated rings. The smallest absolute Gasteiger partial charge is 0.255 e. The topological polar surface area (TPSA) is 101 Å². The van der Waals surface area contributed by atoms with Crippen molar-refractivity contribution in [1.29, 1.82) is 0 Å². The molecule has 0 spiro atoms. The van der Waals surface area contributed by atoms with E-state index in [4.69, 9.17) is 4.52 Å². The molecule has 8 heteroatoms. The fourth-order valence-corrected chi connectivity index (χ4v) is 3.28. The quantitative estimate of drug-likeness (QED) is 0.707. The molecule has 0 bridgehead atoms. The Morgan fingerprint density at radius 3 is 2.82 bits per heavy atom. The summed E-state index contributed by atoms with van der Waals surface area (Å²) in [6, 6.07) is 12.3. The van der Waals surface area contributed by atoms with E-state index in [0.717, 1.165) is 5.56 Å². The Balaban J connectivity index is 1.41. The SMILES string of the molecule is CCC(C(=O)NCc1nc(-c2ccccn2)no1)N1Cc2ccccc2C1=O. The van der Waals surface area contributed by atoms with E-state index in [1.165, 1.54) is 0 Å². The van der Waals surface area contributed by atoms with Crippen molar-refractivity contribution >= 4 is 11.8 Å². The van der Waals surface area contributed by atoms with Crippen LogP contribution in [0, 0.1) is 0 Å². The highest BCUT2D eigenvalue weighted by Gasteiger charge is 2.35. The lowest BCUT2D eigenvalue weighted by atomic mass is 10.1. The Morgan fingerprint density at radius 1 is 1.25 bits per heavy atom. The summed E-state index contributed by atoms with van der Waals surface area (Å²) >= 11 is 0. The van der Waals surface area contributed by atoms with Crippen molar-refractivity contribution in [2.75, 3.05) is 0 Å². The van der Waals surface area contributed by atoms with Gasteiger partial charge in [0.25, 0.3) is 5.91 Å². The monoisotopic (exact) mass is 377 g/mol. The Labute approximate surface area is 161 Å². The van der Waals surface area contributed by atoms with Crippen molar-refractivity contribution in [1.82, 2.24) is 25.3 Å². The number of nitrogens with one attached hydrogen (secondary N) is 1. The van der Waals surface area contributed by atoms with Crippen LogP contribution in [0.5, 0.6) is 0 Å². The first-order chi connectivity index (χ1) is 13.7. The lowest BCUT2D eigenvalue weighted by Crippen LogP contribution is -2.46. The minimum atomic E-state index is -0.557. The maximum absolute atomic E-state index is 12.7. The minimum absolute atomic E-state index is 0.0874. The molecule has 1 aliphatic rings. The summed E-state index contributed by atoms with van der Waals surface area (Å²) in [5.41, 5.74) is 2.19. The van der Waals surface area contributed by atoms with E-state index >= 15 is 0 Å². The molecule has 1 aromatic carbocycles. The first kappa shape index (κ1) is 17.8. The zero-order chi connectivity index (χ0) is 19.5. The van der Waals surface area contributed by atoms with Crippen LogP contribution in [-0.2, 0) is 17.9 Å². The third-order valence-corrected chi connectivity index (χ3v) is 4.69. The van der Waals surface area contributed by atoms with Gasteiger partial charge in [0.2, 0.25) is 17.6 Å². The van der Waals surface area contributed by atoms with Gasteiger partial charge in [0.05, 0.1) is 6.54 Å². The van der Waals surface area contributed by atoms with E-state index in [9.17, 15) is 9.59 Å². The number of hydrogen-bond donors (Lipinski definition) is 1. The predicted octanol–water partition coefficient (Wildman–Crippen LogP) is 2.18. The van der Waals surface area contributed by atoms with E-state index in [1.54, 1.807) is 29.3 Å². The van der Waals surface area contributed by atoms with Crippen LogP contribution in [0.15, 0.2) is 53.2 Å². The van der Waals surface area contributed by atoms with Crippen LogP contribution in [0.3, 0.4) is 0 Å². The molecule has 1 aliphatic heterocycles. The summed E-state index contributed by atoms with van der Waals surface area (Å²) in [6.45, 7) is 2.40. The van der Waals surface area contributed by atoms with Crippen molar-refractivity contribution in [2.24, 2.45) is 0 Å². The lowest BCUT2D eigenvalue weighted by molar-refractivity contribution is -0.126. The van der Waals surface area contributed by atoms with Crippen molar-refractivity contribution in [3.05, 3.63) is 65.7 Å². The molecule has 4 rings (SSSR count). The third kappa shape index (κ3) is 3.36. The van der Waals surface area contributed by atoms with Gasteiger partial charge in [0.15, 0.2) is 0 Å². The van der Waals surface area contributed by atoms with E-state index in [-0.39, 0.29) is 24.2 Å². The van der Waals surface area contributed by atoms with Crippen LogP contribution in [0.25, 0.3) is 11.5 Å². The second-order valence-corrected chi connectivity index (χ2v) is 6.46. The molecule has 142 valence electrons. The van der Waals surface area contributed by atoms with E-state index in [0.29, 0.717) is 30.0 Å². The molecular weight excluding hydrogens is 358 g/mol. The Kier molecular flexibility index (Phi) is 4.84. The standard InChI is InChI=1S/C20H19N5O3/c1-2-16(25-12-13-7-3-4-8-14(13)20(25)27)19(26)22-11-17-23-18(24-28-17)15-9-5-6-10-21-15/h3-10,16H,2,11-12H2,1H3,(H,22,26). The number of hydrogen-bond acceptors (Lipinski definition) is 6. The van der Waals surface area contributed by atoms with Crippen LogP contribution in [-0.4, -0.2) is 37.9 Å². The molecular formula is C20H19N5O3. The second kappa shape index (κ2) is 7.59. The number of carbonyl (C=O) groups is 2. The lowest BCUT2D eigenvalue weighted by Gasteiger charge is -2.25. The van der Waals surface area contributed by atoms with E-state index in [2.05, 4.69) is 20.4 Å². The van der Waals surface area contributed by atoms with E-state index in [1.807, 2.05) is 31.2 Å². The van der Waals surface area contributed by atoms with Gasteiger partial charge in [0, 0.05) is 18.3 Å². The highest BCUT2D eigenvalue weighted by molar-refractivity contribution is 6.01. The minimum Gasteiger partial charge on any atom is -0.345 e. The molecule has 2 aromatic heterocycles. The number of carbonyl (C=O) groups excluding carboxylic acids is 2. The third-order valence-electron chi connectivity index (χ3n) is 4.69. The van der Waals surface area contributed by atoms with Gasteiger partial charge in [-0.05, 0) is 30.2 Å². The van der Waals surface area contributed by atoms with Crippen LogP contribution in [0.4, 0.5) is 0 Å². The number of benzene rings is 1. The van der Waals surface area contributed by atoms with Crippen molar-refractivity contribution < 1.29 is 14.1 Å². The van der Waals surface area contributed by atoms with Crippen LogP contribution in [0.1, 0.15) is 35.2 Å². The number of amides is 2. The van der Waals surface area contributed by atoms with Crippen molar-refractivity contribution in [3.63, 3.8) is 0 Å². The normalized spacial score (nSPS) is 14.0. The van der Waals surface area contributed by atoms with Gasteiger partial charge < -0.3 is 14.7 Å². The fraction of sp³-hybridized carbons (Fsp3) is 0.250. The summed E-state index contributed by atoms with van der Waals surface area (Å²) in [7, 11) is 0. The van der Waals surface area contributed by atoms with Crippen molar-refractivity contribution in [2.45, 2.75) is 32.5 Å². The average molecular weight is 377 g/mol. The van der Waals surface area contributed by atoms with Crippen molar-refractivity contribution in [3.8, 4) is 11.5 Å². The number of rotatable bonds is 6. The predicted molar refractivity (Wildman–Crippen MR) is 99.8 cm³/mol. The number of pyridine rings is 1. The van der Waals surface area contributed by atoms with Gasteiger partial charge in [-0.1, -0.05) is 36.3 Å². The molecule has 28 heavy (non-hydrogen) atoms. The first-order valence-corrected chi connectivity index (χ1v) is 9.08. The van der Waals surface area contributed by atoms with Gasteiger partial charge in [0.1, 0.15) is 11.7 Å². The molecule has 1 N–H and O–H groups in total. The molecule has 1 unspecified atom stereocenters.